The Kier molecular flexibility index (Phi) is 6.84. The van der Waals surface area contributed by atoms with Gasteiger partial charge in [-0.05, 0) is 29.3 Å². The van der Waals surface area contributed by atoms with Crippen LogP contribution in [0.1, 0.15) is 11.1 Å². The van der Waals surface area contributed by atoms with Crippen LogP contribution in [0.25, 0.3) is 6.08 Å². The van der Waals surface area contributed by atoms with Crippen molar-refractivity contribution in [3.63, 3.8) is 0 Å². The molecule has 23 heavy (non-hydrogen) atoms. The number of hydrogen-bond acceptors (Lipinski definition) is 2. The van der Waals surface area contributed by atoms with E-state index in [9.17, 15) is 4.79 Å². The first-order valence-corrected chi connectivity index (χ1v) is 8.10. The number of hydrogen-bond donors (Lipinski definition) is 2. The van der Waals surface area contributed by atoms with E-state index in [1.54, 1.807) is 11.1 Å². The molecule has 0 saturated heterocycles. The van der Waals surface area contributed by atoms with Gasteiger partial charge in [-0.2, -0.15) is 0 Å². The van der Waals surface area contributed by atoms with E-state index in [1.807, 2.05) is 60.7 Å². The van der Waals surface area contributed by atoms with Gasteiger partial charge in [0.2, 0.25) is 0 Å². The maximum Gasteiger partial charge on any atom is 0.321 e. The van der Waals surface area contributed by atoms with E-state index >= 15 is 0 Å². The first-order chi connectivity index (χ1) is 11.2. The van der Waals surface area contributed by atoms with Crippen molar-refractivity contribution in [1.82, 2.24) is 10.2 Å². The molecule has 2 aromatic rings. The Morgan fingerprint density at radius 1 is 1.13 bits per heavy atom. The Labute approximate surface area is 144 Å². The summed E-state index contributed by atoms with van der Waals surface area (Å²) in [5.41, 5.74) is 2.01. The number of urea groups is 1. The topological polar surface area (TPSA) is 52.6 Å². The number of nitrogens with one attached hydrogen (secondary N) is 1. The van der Waals surface area contributed by atoms with Crippen molar-refractivity contribution in [2.24, 2.45) is 0 Å². The van der Waals surface area contributed by atoms with Gasteiger partial charge in [0.1, 0.15) is 0 Å². The van der Waals surface area contributed by atoms with E-state index in [0.29, 0.717) is 6.54 Å². The van der Waals surface area contributed by atoms with Crippen molar-refractivity contribution >= 4 is 28.0 Å². The van der Waals surface area contributed by atoms with Gasteiger partial charge in [0.05, 0.1) is 6.61 Å². The summed E-state index contributed by atoms with van der Waals surface area (Å²) in [7, 11) is 0. The van der Waals surface area contributed by atoms with Crippen molar-refractivity contribution in [2.45, 2.75) is 6.54 Å². The van der Waals surface area contributed by atoms with Crippen molar-refractivity contribution in [1.29, 1.82) is 0 Å². The Morgan fingerprint density at radius 2 is 1.83 bits per heavy atom. The molecule has 2 N–H and O–H groups in total. The maximum absolute atomic E-state index is 12.2. The summed E-state index contributed by atoms with van der Waals surface area (Å²) in [5, 5.41) is 11.9. The number of carbonyl (C=O) groups is 1. The second kappa shape index (κ2) is 9.12. The minimum Gasteiger partial charge on any atom is -0.395 e. The molecule has 2 rings (SSSR count). The number of amides is 2. The zero-order valence-electron chi connectivity index (χ0n) is 12.7. The third kappa shape index (κ3) is 5.88. The van der Waals surface area contributed by atoms with Crippen LogP contribution >= 0.6 is 15.9 Å². The summed E-state index contributed by atoms with van der Waals surface area (Å²) in [6, 6.07) is 17.2. The molecule has 0 bridgehead atoms. The van der Waals surface area contributed by atoms with Gasteiger partial charge in [0, 0.05) is 23.8 Å². The molecular weight excluding hydrogens is 356 g/mol. The molecule has 5 heteroatoms. The molecular formula is C18H19BrN2O2. The molecule has 0 unspecified atom stereocenters. The van der Waals surface area contributed by atoms with Crippen LogP contribution in [0.2, 0.25) is 0 Å². The van der Waals surface area contributed by atoms with E-state index in [0.717, 1.165) is 15.6 Å². The molecule has 0 aliphatic carbocycles. The number of aliphatic hydroxyl groups excluding tert-OH is 1. The fourth-order valence-corrected chi connectivity index (χ4v) is 2.32. The van der Waals surface area contributed by atoms with Gasteiger partial charge >= 0.3 is 6.03 Å². The highest BCUT2D eigenvalue weighted by molar-refractivity contribution is 9.10. The molecule has 0 aliphatic heterocycles. The first-order valence-electron chi connectivity index (χ1n) is 7.31. The van der Waals surface area contributed by atoms with Crippen molar-refractivity contribution < 1.29 is 9.90 Å². The summed E-state index contributed by atoms with van der Waals surface area (Å²) < 4.78 is 1.01. The predicted molar refractivity (Wildman–Crippen MR) is 95.6 cm³/mol. The number of halogens is 1. The lowest BCUT2D eigenvalue weighted by Gasteiger charge is -2.21. The van der Waals surface area contributed by atoms with Crippen molar-refractivity contribution in [2.75, 3.05) is 13.2 Å². The molecule has 4 nitrogen and oxygen atoms in total. The quantitative estimate of drug-likeness (QED) is 0.810. The Morgan fingerprint density at radius 3 is 2.48 bits per heavy atom. The fourth-order valence-electron chi connectivity index (χ4n) is 2.05. The molecule has 0 atom stereocenters. The van der Waals surface area contributed by atoms with Gasteiger partial charge in [-0.25, -0.2) is 4.79 Å². The van der Waals surface area contributed by atoms with Crippen molar-refractivity contribution in [3.05, 3.63) is 76.4 Å². The fraction of sp³-hybridized carbons (Fsp3) is 0.167. The smallest absolute Gasteiger partial charge is 0.321 e. The lowest BCUT2D eigenvalue weighted by Crippen LogP contribution is -2.38. The highest BCUT2D eigenvalue weighted by Crippen LogP contribution is 2.11. The summed E-state index contributed by atoms with van der Waals surface area (Å²) in [6.45, 7) is 0.670. The van der Waals surface area contributed by atoms with E-state index in [1.165, 1.54) is 0 Å². The predicted octanol–water partition coefficient (Wildman–Crippen LogP) is 3.62. The molecule has 0 spiro atoms. The molecule has 0 saturated carbocycles. The van der Waals surface area contributed by atoms with Gasteiger partial charge < -0.3 is 15.3 Å². The lowest BCUT2D eigenvalue weighted by molar-refractivity contribution is 0.177. The number of carbonyl (C=O) groups excluding carboxylic acids is 1. The molecule has 120 valence electrons. The van der Waals surface area contributed by atoms with Gasteiger partial charge in [-0.3, -0.25) is 0 Å². The zero-order valence-corrected chi connectivity index (χ0v) is 14.2. The van der Waals surface area contributed by atoms with E-state index < -0.39 is 0 Å². The summed E-state index contributed by atoms with van der Waals surface area (Å²) >= 11 is 3.38. The molecule has 0 aromatic heterocycles. The number of benzene rings is 2. The highest BCUT2D eigenvalue weighted by atomic mass is 79.9. The van der Waals surface area contributed by atoms with Gasteiger partial charge in [-0.1, -0.05) is 58.4 Å². The van der Waals surface area contributed by atoms with Crippen LogP contribution < -0.4 is 5.32 Å². The second-order valence-corrected chi connectivity index (χ2v) is 5.88. The van der Waals surface area contributed by atoms with E-state index in [-0.39, 0.29) is 19.2 Å². The number of rotatable bonds is 6. The minimum absolute atomic E-state index is 0.0727. The van der Waals surface area contributed by atoms with Crippen LogP contribution in [0.4, 0.5) is 4.79 Å². The zero-order chi connectivity index (χ0) is 16.5. The van der Waals surface area contributed by atoms with Gasteiger partial charge in [0.15, 0.2) is 0 Å². The standard InChI is InChI=1S/C18H19BrN2O2/c19-17-8-6-15(7-9-17)10-11-20-18(23)21(12-13-22)14-16-4-2-1-3-5-16/h1-11,22H,12-14H2,(H,20,23)/b11-10+. The first kappa shape index (κ1) is 17.2. The average molecular weight is 375 g/mol. The van der Waals surface area contributed by atoms with Crippen molar-refractivity contribution in [3.8, 4) is 0 Å². The lowest BCUT2D eigenvalue weighted by atomic mass is 10.2. The molecule has 0 heterocycles. The normalized spacial score (nSPS) is 10.7. The van der Waals surface area contributed by atoms with Crippen LogP contribution in [0.15, 0.2) is 65.3 Å². The Hall–Kier alpha value is -2.11. The second-order valence-electron chi connectivity index (χ2n) is 4.97. The maximum atomic E-state index is 12.2. The van der Waals surface area contributed by atoms with Gasteiger partial charge in [0.25, 0.3) is 0 Å². The van der Waals surface area contributed by atoms with Crippen LogP contribution in [0.5, 0.6) is 0 Å². The average Bonchev–Trinajstić information content (AvgIpc) is 2.57. The summed E-state index contributed by atoms with van der Waals surface area (Å²) in [6.07, 6.45) is 3.44. The monoisotopic (exact) mass is 374 g/mol. The third-order valence-corrected chi connectivity index (χ3v) is 3.75. The number of nitrogens with zero attached hydrogens (tertiary/aromatic N) is 1. The van der Waals surface area contributed by atoms with E-state index in [2.05, 4.69) is 21.2 Å². The van der Waals surface area contributed by atoms with Crippen LogP contribution in [-0.4, -0.2) is 29.2 Å². The molecule has 2 amide bonds. The molecule has 0 aliphatic rings. The van der Waals surface area contributed by atoms with Crippen LogP contribution in [-0.2, 0) is 6.54 Å². The largest absolute Gasteiger partial charge is 0.395 e. The number of aliphatic hydroxyl groups is 1. The summed E-state index contributed by atoms with van der Waals surface area (Å²) in [5.74, 6) is 0. The molecule has 2 aromatic carbocycles. The van der Waals surface area contributed by atoms with Crippen LogP contribution in [0.3, 0.4) is 0 Å². The third-order valence-electron chi connectivity index (χ3n) is 3.23. The minimum atomic E-state index is -0.240. The van der Waals surface area contributed by atoms with Crippen LogP contribution in [0, 0.1) is 0 Å². The highest BCUT2D eigenvalue weighted by Gasteiger charge is 2.11. The molecule has 0 fully saturated rings. The van der Waals surface area contributed by atoms with Gasteiger partial charge in [-0.15, -0.1) is 0 Å². The SMILES string of the molecule is O=C(N/C=C/c1ccc(Br)cc1)N(CCO)Cc1ccccc1. The summed E-state index contributed by atoms with van der Waals surface area (Å²) in [4.78, 5) is 13.8. The van der Waals surface area contributed by atoms with E-state index in [4.69, 9.17) is 5.11 Å². The Balaban J connectivity index is 1.93. The molecule has 0 radical (unpaired) electrons. The Bertz CT molecular complexity index is 642.